The van der Waals surface area contributed by atoms with Gasteiger partial charge in [0, 0.05) is 37.2 Å². The molecule has 4 rings (SSSR count). The van der Waals surface area contributed by atoms with Crippen LogP contribution in [0, 0.1) is 0 Å². The molecule has 1 aromatic heterocycles. The van der Waals surface area contributed by atoms with Crippen molar-refractivity contribution in [3.63, 3.8) is 0 Å². The van der Waals surface area contributed by atoms with Gasteiger partial charge in [-0.1, -0.05) is 23.5 Å². The van der Waals surface area contributed by atoms with Crippen LogP contribution in [0.3, 0.4) is 0 Å². The molecular formula is C22H20F3N3O3S. The maximum atomic E-state index is 13.2. The molecule has 0 saturated carbocycles. The standard InChI is InChI=1S/C22H20F3N3O3S/c23-22(24,25)17-3-1-2-4-18(17)31-16-9-11-28(12-10-16)15-7-5-14(6-8-15)21-27-26-19(32-21)13-20(29)30/h1-8,16H,9-13H2,(H,29,30). The number of aromatic nitrogens is 2. The molecule has 1 aliphatic heterocycles. The number of nitrogens with zero attached hydrogens (tertiary/aromatic N) is 3. The first kappa shape index (κ1) is 22.1. The van der Waals surface area contributed by atoms with Gasteiger partial charge in [-0.25, -0.2) is 0 Å². The second-order valence-corrected chi connectivity index (χ2v) is 8.48. The first-order valence-electron chi connectivity index (χ1n) is 10.0. The van der Waals surface area contributed by atoms with Crippen LogP contribution in [-0.2, 0) is 17.4 Å². The first-order valence-corrected chi connectivity index (χ1v) is 10.8. The van der Waals surface area contributed by atoms with Crippen LogP contribution < -0.4 is 9.64 Å². The highest BCUT2D eigenvalue weighted by atomic mass is 32.1. The van der Waals surface area contributed by atoms with Gasteiger partial charge in [0.1, 0.15) is 21.9 Å². The minimum atomic E-state index is -4.44. The van der Waals surface area contributed by atoms with Gasteiger partial charge < -0.3 is 14.7 Å². The number of halogens is 3. The van der Waals surface area contributed by atoms with Crippen molar-refractivity contribution in [2.75, 3.05) is 18.0 Å². The summed E-state index contributed by atoms with van der Waals surface area (Å²) in [5.41, 5.74) is 1.10. The molecule has 0 amide bonds. The van der Waals surface area contributed by atoms with Crippen LogP contribution in [0.25, 0.3) is 10.6 Å². The highest BCUT2D eigenvalue weighted by molar-refractivity contribution is 7.14. The predicted octanol–water partition coefficient (Wildman–Crippen LogP) is 4.90. The fraction of sp³-hybridized carbons (Fsp3) is 0.318. The van der Waals surface area contributed by atoms with Crippen LogP contribution in [0.1, 0.15) is 23.4 Å². The van der Waals surface area contributed by atoms with E-state index in [2.05, 4.69) is 15.1 Å². The van der Waals surface area contributed by atoms with Gasteiger partial charge in [-0.3, -0.25) is 4.79 Å². The topological polar surface area (TPSA) is 75.5 Å². The van der Waals surface area contributed by atoms with Crippen LogP contribution in [-0.4, -0.2) is 40.5 Å². The molecule has 0 spiro atoms. The largest absolute Gasteiger partial charge is 0.490 e. The van der Waals surface area contributed by atoms with Gasteiger partial charge in [0.2, 0.25) is 0 Å². The number of carboxylic acid groups (broad SMARTS) is 1. The van der Waals surface area contributed by atoms with Gasteiger partial charge in [-0.05, 0) is 36.4 Å². The minimum absolute atomic E-state index is 0.123. The lowest BCUT2D eigenvalue weighted by Gasteiger charge is -2.34. The van der Waals surface area contributed by atoms with Gasteiger partial charge >= 0.3 is 12.1 Å². The molecule has 32 heavy (non-hydrogen) atoms. The molecule has 1 saturated heterocycles. The van der Waals surface area contributed by atoms with Crippen LogP contribution in [0.4, 0.5) is 18.9 Å². The zero-order valence-electron chi connectivity index (χ0n) is 16.9. The van der Waals surface area contributed by atoms with Crippen molar-refractivity contribution < 1.29 is 27.8 Å². The second kappa shape index (κ2) is 9.15. The van der Waals surface area contributed by atoms with Gasteiger partial charge in [-0.15, -0.1) is 10.2 Å². The van der Waals surface area contributed by atoms with Gasteiger partial charge in [-0.2, -0.15) is 13.2 Å². The number of alkyl halides is 3. The molecule has 1 fully saturated rings. The Morgan fingerprint density at radius 2 is 1.78 bits per heavy atom. The SMILES string of the molecule is O=C(O)Cc1nnc(-c2ccc(N3CCC(Oc4ccccc4C(F)(F)F)CC3)cc2)s1. The van der Waals surface area contributed by atoms with Crippen molar-refractivity contribution in [2.24, 2.45) is 0 Å². The molecule has 2 aromatic carbocycles. The lowest BCUT2D eigenvalue weighted by molar-refractivity contribution is -0.139. The fourth-order valence-electron chi connectivity index (χ4n) is 3.60. The van der Waals surface area contributed by atoms with E-state index in [4.69, 9.17) is 9.84 Å². The van der Waals surface area contributed by atoms with Gasteiger partial charge in [0.25, 0.3) is 0 Å². The molecule has 0 radical (unpaired) electrons. The quantitative estimate of drug-likeness (QED) is 0.561. The van der Waals surface area contributed by atoms with E-state index in [1.807, 2.05) is 24.3 Å². The Hall–Kier alpha value is -3.14. The van der Waals surface area contributed by atoms with Crippen LogP contribution in [0.2, 0.25) is 0 Å². The van der Waals surface area contributed by atoms with E-state index >= 15 is 0 Å². The molecule has 0 unspecified atom stereocenters. The zero-order valence-corrected chi connectivity index (χ0v) is 17.7. The number of para-hydroxylation sites is 1. The Bertz CT molecular complexity index is 1080. The average Bonchev–Trinajstić information content (AvgIpc) is 3.22. The summed E-state index contributed by atoms with van der Waals surface area (Å²) in [6.45, 7) is 1.33. The summed E-state index contributed by atoms with van der Waals surface area (Å²) in [6.07, 6.45) is -3.64. The summed E-state index contributed by atoms with van der Waals surface area (Å²) >= 11 is 1.25. The lowest BCUT2D eigenvalue weighted by atomic mass is 10.1. The molecule has 3 aromatic rings. The number of carboxylic acids is 1. The second-order valence-electron chi connectivity index (χ2n) is 7.42. The van der Waals surface area contributed by atoms with Crippen LogP contribution in [0.15, 0.2) is 48.5 Å². The molecule has 168 valence electrons. The molecule has 1 N–H and O–H groups in total. The summed E-state index contributed by atoms with van der Waals surface area (Å²) in [4.78, 5) is 13.0. The van der Waals surface area contributed by atoms with Crippen molar-refractivity contribution in [2.45, 2.75) is 31.5 Å². The van der Waals surface area contributed by atoms with Crippen molar-refractivity contribution in [1.82, 2.24) is 10.2 Å². The van der Waals surface area contributed by atoms with Crippen LogP contribution >= 0.6 is 11.3 Å². The molecule has 6 nitrogen and oxygen atoms in total. The summed E-state index contributed by atoms with van der Waals surface area (Å²) in [5, 5.41) is 17.9. The molecule has 0 atom stereocenters. The number of rotatable bonds is 6. The monoisotopic (exact) mass is 463 g/mol. The average molecular weight is 463 g/mol. The molecule has 10 heteroatoms. The number of aliphatic carboxylic acids is 1. The van der Waals surface area contributed by atoms with Crippen molar-refractivity contribution in [3.05, 3.63) is 59.1 Å². The molecule has 0 bridgehead atoms. The van der Waals surface area contributed by atoms with Crippen molar-refractivity contribution in [1.29, 1.82) is 0 Å². The normalized spacial score (nSPS) is 15.0. The summed E-state index contributed by atoms with van der Waals surface area (Å²) in [5.74, 6) is -1.07. The molecular weight excluding hydrogens is 443 g/mol. The zero-order chi connectivity index (χ0) is 22.7. The highest BCUT2D eigenvalue weighted by Crippen LogP contribution is 2.37. The van der Waals surface area contributed by atoms with Crippen molar-refractivity contribution in [3.8, 4) is 16.3 Å². The van der Waals surface area contributed by atoms with E-state index in [-0.39, 0.29) is 18.3 Å². The lowest BCUT2D eigenvalue weighted by Crippen LogP contribution is -2.38. The Kier molecular flexibility index (Phi) is 6.31. The predicted molar refractivity (Wildman–Crippen MR) is 114 cm³/mol. The molecule has 0 aliphatic carbocycles. The number of carbonyl (C=O) groups is 1. The summed E-state index contributed by atoms with van der Waals surface area (Å²) < 4.78 is 45.2. The number of piperidine rings is 1. The summed E-state index contributed by atoms with van der Waals surface area (Å²) in [6, 6.07) is 13.0. The number of benzene rings is 2. The number of ether oxygens (including phenoxy) is 1. The van der Waals surface area contributed by atoms with E-state index in [9.17, 15) is 18.0 Å². The van der Waals surface area contributed by atoms with E-state index in [1.54, 1.807) is 6.07 Å². The Balaban J connectivity index is 1.36. The smallest absolute Gasteiger partial charge is 0.419 e. The maximum absolute atomic E-state index is 13.2. The van der Waals surface area contributed by atoms with E-state index in [1.165, 1.54) is 23.5 Å². The third-order valence-electron chi connectivity index (χ3n) is 5.18. The van der Waals surface area contributed by atoms with Crippen LogP contribution in [0.5, 0.6) is 5.75 Å². The van der Waals surface area contributed by atoms with Crippen molar-refractivity contribution >= 4 is 23.0 Å². The van der Waals surface area contributed by atoms with E-state index in [0.29, 0.717) is 35.9 Å². The third kappa shape index (κ3) is 5.18. The highest BCUT2D eigenvalue weighted by Gasteiger charge is 2.35. The fourth-order valence-corrected chi connectivity index (χ4v) is 4.44. The Morgan fingerprint density at radius 1 is 1.09 bits per heavy atom. The Morgan fingerprint density at radius 3 is 2.44 bits per heavy atom. The van der Waals surface area contributed by atoms with Gasteiger partial charge in [0.05, 0.1) is 12.0 Å². The summed E-state index contributed by atoms with van der Waals surface area (Å²) in [7, 11) is 0. The van der Waals surface area contributed by atoms with E-state index in [0.717, 1.165) is 17.3 Å². The first-order chi connectivity index (χ1) is 15.3. The Labute approximate surface area is 186 Å². The maximum Gasteiger partial charge on any atom is 0.419 e. The van der Waals surface area contributed by atoms with E-state index < -0.39 is 17.7 Å². The number of hydrogen-bond donors (Lipinski definition) is 1. The molecule has 2 heterocycles. The van der Waals surface area contributed by atoms with Gasteiger partial charge in [0.15, 0.2) is 0 Å². The third-order valence-corrected chi connectivity index (χ3v) is 6.15. The number of hydrogen-bond acceptors (Lipinski definition) is 6. The number of anilines is 1. The minimum Gasteiger partial charge on any atom is -0.490 e. The molecule has 1 aliphatic rings.